The summed E-state index contributed by atoms with van der Waals surface area (Å²) in [5.74, 6) is 0. The molecule has 0 aromatic heterocycles. The van der Waals surface area contributed by atoms with Crippen LogP contribution in [0.3, 0.4) is 0 Å². The van der Waals surface area contributed by atoms with E-state index >= 15 is 0 Å². The van der Waals surface area contributed by atoms with Crippen LogP contribution < -0.4 is 10.6 Å². The van der Waals surface area contributed by atoms with Crippen molar-refractivity contribution in [3.63, 3.8) is 0 Å². The van der Waals surface area contributed by atoms with Crippen molar-refractivity contribution in [1.29, 1.82) is 0 Å². The highest BCUT2D eigenvalue weighted by molar-refractivity contribution is 7.80. The Morgan fingerprint density at radius 3 is 2.25 bits per heavy atom. The van der Waals surface area contributed by atoms with E-state index in [1.54, 1.807) is 0 Å². The summed E-state index contributed by atoms with van der Waals surface area (Å²) in [7, 11) is 0. The standard InChI is InChI=1S/C13H20N2S/c1-3-9-14-13(16)15-10-12-7-5-11(4-2)6-8-12/h5-8H,3-4,9-10H2,1-2H3,(H2,14,15,16). The SMILES string of the molecule is CCCNC(=S)NCc1ccc(CC)cc1. The summed E-state index contributed by atoms with van der Waals surface area (Å²) in [5.41, 5.74) is 2.63. The van der Waals surface area contributed by atoms with Crippen LogP contribution in [0.5, 0.6) is 0 Å². The zero-order valence-corrected chi connectivity index (χ0v) is 10.9. The second kappa shape index (κ2) is 7.23. The maximum Gasteiger partial charge on any atom is 0.166 e. The Morgan fingerprint density at radius 1 is 1.06 bits per heavy atom. The van der Waals surface area contributed by atoms with Crippen molar-refractivity contribution in [2.24, 2.45) is 0 Å². The van der Waals surface area contributed by atoms with E-state index in [0.717, 1.165) is 31.0 Å². The lowest BCUT2D eigenvalue weighted by Crippen LogP contribution is -2.35. The molecule has 0 radical (unpaired) electrons. The minimum absolute atomic E-state index is 0.737. The molecule has 2 nitrogen and oxygen atoms in total. The van der Waals surface area contributed by atoms with Crippen molar-refractivity contribution >= 4 is 17.3 Å². The molecular formula is C13H20N2S. The number of benzene rings is 1. The van der Waals surface area contributed by atoms with E-state index in [2.05, 4.69) is 48.7 Å². The van der Waals surface area contributed by atoms with Crippen LogP contribution in [0.1, 0.15) is 31.4 Å². The Labute approximate surface area is 103 Å². The highest BCUT2D eigenvalue weighted by Crippen LogP contribution is 2.04. The molecule has 88 valence electrons. The molecule has 0 fully saturated rings. The zero-order valence-electron chi connectivity index (χ0n) is 10.0. The van der Waals surface area contributed by atoms with Crippen LogP contribution in [0.2, 0.25) is 0 Å². The molecule has 0 heterocycles. The third-order valence-electron chi connectivity index (χ3n) is 2.42. The lowest BCUT2D eigenvalue weighted by Gasteiger charge is -2.09. The van der Waals surface area contributed by atoms with Crippen LogP contribution in [-0.4, -0.2) is 11.7 Å². The van der Waals surface area contributed by atoms with Gasteiger partial charge >= 0.3 is 0 Å². The Balaban J connectivity index is 2.33. The van der Waals surface area contributed by atoms with Crippen LogP contribution in [0.4, 0.5) is 0 Å². The third kappa shape index (κ3) is 4.62. The Kier molecular flexibility index (Phi) is 5.86. The van der Waals surface area contributed by atoms with Crippen LogP contribution in [0, 0.1) is 0 Å². The van der Waals surface area contributed by atoms with Gasteiger partial charge in [0.2, 0.25) is 0 Å². The van der Waals surface area contributed by atoms with E-state index in [0.29, 0.717) is 0 Å². The molecule has 0 aliphatic heterocycles. The van der Waals surface area contributed by atoms with Crippen LogP contribution in [-0.2, 0) is 13.0 Å². The average molecular weight is 236 g/mol. The van der Waals surface area contributed by atoms with Crippen molar-refractivity contribution in [3.8, 4) is 0 Å². The molecular weight excluding hydrogens is 216 g/mol. The van der Waals surface area contributed by atoms with E-state index in [9.17, 15) is 0 Å². The number of hydrogen-bond acceptors (Lipinski definition) is 1. The van der Waals surface area contributed by atoms with Gasteiger partial charge in [-0.3, -0.25) is 0 Å². The second-order valence-electron chi connectivity index (χ2n) is 3.78. The second-order valence-corrected chi connectivity index (χ2v) is 4.19. The first-order valence-corrected chi connectivity index (χ1v) is 6.26. The molecule has 1 aromatic rings. The van der Waals surface area contributed by atoms with E-state index in [-0.39, 0.29) is 0 Å². The van der Waals surface area contributed by atoms with Crippen LogP contribution in [0.15, 0.2) is 24.3 Å². The molecule has 0 aliphatic rings. The maximum absolute atomic E-state index is 5.15. The van der Waals surface area contributed by atoms with Gasteiger partial charge in [0.25, 0.3) is 0 Å². The van der Waals surface area contributed by atoms with E-state index < -0.39 is 0 Å². The van der Waals surface area contributed by atoms with Gasteiger partial charge in [0, 0.05) is 13.1 Å². The Bertz CT molecular complexity index is 319. The number of hydrogen-bond donors (Lipinski definition) is 2. The van der Waals surface area contributed by atoms with Gasteiger partial charge in [0.15, 0.2) is 5.11 Å². The molecule has 0 saturated carbocycles. The van der Waals surface area contributed by atoms with Gasteiger partial charge in [-0.2, -0.15) is 0 Å². The summed E-state index contributed by atoms with van der Waals surface area (Å²) in [6.45, 7) is 6.01. The lowest BCUT2D eigenvalue weighted by atomic mass is 10.1. The molecule has 16 heavy (non-hydrogen) atoms. The molecule has 0 aliphatic carbocycles. The first-order chi connectivity index (χ1) is 7.76. The maximum atomic E-state index is 5.15. The third-order valence-corrected chi connectivity index (χ3v) is 2.71. The molecule has 1 rings (SSSR count). The number of nitrogens with one attached hydrogen (secondary N) is 2. The summed E-state index contributed by atoms with van der Waals surface area (Å²) in [6.07, 6.45) is 2.18. The predicted molar refractivity (Wildman–Crippen MR) is 73.6 cm³/mol. The van der Waals surface area contributed by atoms with E-state index in [1.165, 1.54) is 11.1 Å². The van der Waals surface area contributed by atoms with Crippen molar-refractivity contribution in [1.82, 2.24) is 10.6 Å². The number of thiocarbonyl (C=S) groups is 1. The first-order valence-electron chi connectivity index (χ1n) is 5.85. The van der Waals surface area contributed by atoms with Gasteiger partial charge in [-0.25, -0.2) is 0 Å². The van der Waals surface area contributed by atoms with E-state index in [1.807, 2.05) is 0 Å². The van der Waals surface area contributed by atoms with Crippen LogP contribution >= 0.6 is 12.2 Å². The fraction of sp³-hybridized carbons (Fsp3) is 0.462. The summed E-state index contributed by atoms with van der Waals surface area (Å²) in [6, 6.07) is 8.63. The minimum Gasteiger partial charge on any atom is -0.363 e. The normalized spacial score (nSPS) is 9.88. The lowest BCUT2D eigenvalue weighted by molar-refractivity contribution is 0.799. The van der Waals surface area contributed by atoms with E-state index in [4.69, 9.17) is 12.2 Å². The number of rotatable bonds is 5. The monoisotopic (exact) mass is 236 g/mol. The van der Waals surface area contributed by atoms with Crippen molar-refractivity contribution in [2.45, 2.75) is 33.2 Å². The average Bonchev–Trinajstić information content (AvgIpc) is 2.34. The van der Waals surface area contributed by atoms with Crippen molar-refractivity contribution in [2.75, 3.05) is 6.54 Å². The Hall–Kier alpha value is -1.09. The molecule has 3 heteroatoms. The van der Waals surface area contributed by atoms with Crippen LogP contribution in [0.25, 0.3) is 0 Å². The molecule has 0 atom stereocenters. The van der Waals surface area contributed by atoms with Gasteiger partial charge in [-0.1, -0.05) is 38.1 Å². The van der Waals surface area contributed by atoms with Gasteiger partial charge in [-0.05, 0) is 36.2 Å². The summed E-state index contributed by atoms with van der Waals surface area (Å²) >= 11 is 5.15. The fourth-order valence-electron chi connectivity index (χ4n) is 1.38. The molecule has 1 aromatic carbocycles. The quantitative estimate of drug-likeness (QED) is 0.769. The van der Waals surface area contributed by atoms with Crippen molar-refractivity contribution in [3.05, 3.63) is 35.4 Å². The molecule has 0 unspecified atom stereocenters. The molecule has 0 amide bonds. The number of aryl methyl sites for hydroxylation is 1. The molecule has 0 spiro atoms. The first kappa shape index (κ1) is 13.0. The highest BCUT2D eigenvalue weighted by Gasteiger charge is 1.96. The Morgan fingerprint density at radius 2 is 1.69 bits per heavy atom. The largest absolute Gasteiger partial charge is 0.363 e. The van der Waals surface area contributed by atoms with Crippen molar-refractivity contribution < 1.29 is 0 Å². The van der Waals surface area contributed by atoms with Gasteiger partial charge in [-0.15, -0.1) is 0 Å². The van der Waals surface area contributed by atoms with Gasteiger partial charge in [0.05, 0.1) is 0 Å². The summed E-state index contributed by atoms with van der Waals surface area (Å²) in [4.78, 5) is 0. The topological polar surface area (TPSA) is 24.1 Å². The molecule has 2 N–H and O–H groups in total. The smallest absolute Gasteiger partial charge is 0.166 e. The fourth-order valence-corrected chi connectivity index (χ4v) is 1.55. The molecule has 0 saturated heterocycles. The highest BCUT2D eigenvalue weighted by atomic mass is 32.1. The predicted octanol–water partition coefficient (Wildman–Crippen LogP) is 2.62. The molecule has 0 bridgehead atoms. The zero-order chi connectivity index (χ0) is 11.8. The van der Waals surface area contributed by atoms with Gasteiger partial charge < -0.3 is 10.6 Å². The van der Waals surface area contributed by atoms with Gasteiger partial charge in [0.1, 0.15) is 0 Å². The summed E-state index contributed by atoms with van der Waals surface area (Å²) < 4.78 is 0. The summed E-state index contributed by atoms with van der Waals surface area (Å²) in [5, 5.41) is 7.07. The minimum atomic E-state index is 0.737.